The van der Waals surface area contributed by atoms with Crippen LogP contribution in [0.3, 0.4) is 0 Å². The smallest absolute Gasteiger partial charge is 0.410 e. The second-order valence-electron chi connectivity index (χ2n) is 5.13. The zero-order valence-electron chi connectivity index (χ0n) is 14.4. The van der Waals surface area contributed by atoms with Crippen LogP contribution < -0.4 is 10.6 Å². The van der Waals surface area contributed by atoms with Gasteiger partial charge in [-0.05, 0) is 26.0 Å². The van der Waals surface area contributed by atoms with Crippen molar-refractivity contribution < 1.29 is 14.1 Å². The number of aryl methyl sites for hydroxylation is 1. The van der Waals surface area contributed by atoms with Crippen LogP contribution in [0.1, 0.15) is 12.5 Å². The zero-order valence-corrected chi connectivity index (χ0v) is 17.5. The van der Waals surface area contributed by atoms with Crippen LogP contribution in [0.15, 0.2) is 60.7 Å². The lowest BCUT2D eigenvalue weighted by Gasteiger charge is -2.16. The minimum Gasteiger partial charge on any atom is -0.450 e. The maximum atomic E-state index is 12.4. The Morgan fingerprint density at radius 3 is 1.96 bits per heavy atom. The molecule has 2 rings (SSSR count). The molecule has 0 saturated carbocycles. The molecule has 0 heterocycles. The Hall–Kier alpha value is -1.32. The van der Waals surface area contributed by atoms with Gasteiger partial charge in [-0.15, -0.1) is 0 Å². The molecule has 0 fully saturated rings. The first-order valence-electron chi connectivity index (χ1n) is 7.78. The fourth-order valence-electron chi connectivity index (χ4n) is 1.82. The summed E-state index contributed by atoms with van der Waals surface area (Å²) in [7, 11) is -2.13. The summed E-state index contributed by atoms with van der Waals surface area (Å²) in [6.45, 7) is 3.89. The van der Waals surface area contributed by atoms with Crippen molar-refractivity contribution in [2.75, 3.05) is 6.61 Å². The quantitative estimate of drug-likeness (QED) is 0.504. The highest BCUT2D eigenvalue weighted by molar-refractivity contribution is 7.54. The molecule has 1 amide bonds. The van der Waals surface area contributed by atoms with Gasteiger partial charge in [0, 0.05) is 0 Å². The average molecular weight is 436 g/mol. The number of halogens is 3. The van der Waals surface area contributed by atoms with E-state index in [9.17, 15) is 9.36 Å². The first kappa shape index (κ1) is 22.7. The molecule has 0 spiro atoms. The Labute approximate surface area is 169 Å². The number of amides is 1. The molecular weight excluding hydrogens is 416 g/mol. The van der Waals surface area contributed by atoms with Gasteiger partial charge in [-0.1, -0.05) is 93.5 Å². The molecule has 2 aromatic rings. The number of nitrogens with one attached hydrogen (secondary N) is 1. The number of benzene rings is 2. The van der Waals surface area contributed by atoms with E-state index in [0.29, 0.717) is 5.30 Å². The highest BCUT2D eigenvalue weighted by atomic mass is 35.6. The molecule has 0 aromatic heterocycles. The molecular formula is C18H20Cl3NO3P+. The number of ether oxygens (including phenoxy) is 1. The molecule has 2 atom stereocenters. The van der Waals surface area contributed by atoms with Crippen molar-refractivity contribution in [1.82, 2.24) is 5.32 Å². The predicted octanol–water partition coefficient (Wildman–Crippen LogP) is 5.58. The van der Waals surface area contributed by atoms with E-state index >= 15 is 0 Å². The summed E-state index contributed by atoms with van der Waals surface area (Å²) in [6, 6.07) is 18.7. The van der Waals surface area contributed by atoms with Gasteiger partial charge >= 0.3 is 13.9 Å². The Kier molecular flexibility index (Phi) is 9.97. The molecule has 0 saturated heterocycles. The first-order chi connectivity index (χ1) is 12.3. The summed E-state index contributed by atoms with van der Waals surface area (Å²) in [5.41, 5.74) is 1.32. The van der Waals surface area contributed by atoms with Gasteiger partial charge in [-0.3, -0.25) is 5.32 Å². The van der Waals surface area contributed by atoms with Gasteiger partial charge in [-0.2, -0.15) is 0 Å². The van der Waals surface area contributed by atoms with Gasteiger partial charge in [0.2, 0.25) is 0 Å². The number of alkyl carbamates (subject to hydrolysis) is 1. The fourth-order valence-corrected chi connectivity index (χ4v) is 4.03. The van der Waals surface area contributed by atoms with Crippen LogP contribution in [0.4, 0.5) is 4.79 Å². The van der Waals surface area contributed by atoms with Crippen molar-refractivity contribution >= 4 is 54.0 Å². The minimum absolute atomic E-state index is 0.167. The SMILES string of the molecule is CCOC(=O)NC([P+](=O)c1ccccc1)C(Cl)(Cl)Cl.Cc1ccccc1. The van der Waals surface area contributed by atoms with Crippen molar-refractivity contribution in [2.24, 2.45) is 0 Å². The van der Waals surface area contributed by atoms with Gasteiger partial charge in [0.25, 0.3) is 9.58 Å². The fraction of sp³-hybridized carbons (Fsp3) is 0.278. The number of hydrogen-bond acceptors (Lipinski definition) is 3. The topological polar surface area (TPSA) is 55.4 Å². The molecule has 0 aliphatic carbocycles. The standard InChI is InChI=1S/C11H11Cl3NO3P.C7H8/c1-2-18-10(16)15-9(11(12,13)14)19(17)8-6-4-3-5-7-8;1-7-5-3-2-4-6-7/h3-7,9H,2H2,1H3;2-6H,1H3/p+1. The predicted molar refractivity (Wildman–Crippen MR) is 109 cm³/mol. The second-order valence-corrected chi connectivity index (χ2v) is 9.18. The van der Waals surface area contributed by atoms with Crippen molar-refractivity contribution in [1.29, 1.82) is 0 Å². The van der Waals surface area contributed by atoms with E-state index in [-0.39, 0.29) is 6.61 Å². The van der Waals surface area contributed by atoms with Crippen LogP contribution in [0, 0.1) is 6.92 Å². The van der Waals surface area contributed by atoms with E-state index in [0.717, 1.165) is 0 Å². The van der Waals surface area contributed by atoms with Gasteiger partial charge in [-0.25, -0.2) is 4.79 Å². The van der Waals surface area contributed by atoms with Crippen LogP contribution in [0.25, 0.3) is 0 Å². The third kappa shape index (κ3) is 8.37. The number of carbonyl (C=O) groups is 1. The molecule has 0 radical (unpaired) electrons. The molecule has 0 aliphatic rings. The summed E-state index contributed by atoms with van der Waals surface area (Å²) in [4.78, 5) is 11.4. The van der Waals surface area contributed by atoms with Crippen molar-refractivity contribution in [3.8, 4) is 0 Å². The molecule has 140 valence electrons. The average Bonchev–Trinajstić information content (AvgIpc) is 2.60. The van der Waals surface area contributed by atoms with Gasteiger partial charge in [0.15, 0.2) is 5.30 Å². The molecule has 0 bridgehead atoms. The maximum Gasteiger partial charge on any atom is 0.410 e. The monoisotopic (exact) mass is 434 g/mol. The van der Waals surface area contributed by atoms with Crippen LogP contribution in [0.5, 0.6) is 0 Å². The second kappa shape index (κ2) is 11.4. The Morgan fingerprint density at radius 2 is 1.58 bits per heavy atom. The Bertz CT molecular complexity index is 694. The zero-order chi connectivity index (χ0) is 19.6. The van der Waals surface area contributed by atoms with E-state index in [4.69, 9.17) is 39.5 Å². The molecule has 8 heteroatoms. The van der Waals surface area contributed by atoms with Crippen LogP contribution in [0.2, 0.25) is 0 Å². The lowest BCUT2D eigenvalue weighted by molar-refractivity contribution is 0.151. The van der Waals surface area contributed by atoms with Crippen molar-refractivity contribution in [2.45, 2.75) is 23.4 Å². The van der Waals surface area contributed by atoms with Crippen molar-refractivity contribution in [3.05, 3.63) is 66.2 Å². The van der Waals surface area contributed by atoms with Crippen LogP contribution in [-0.2, 0) is 9.30 Å². The van der Waals surface area contributed by atoms with E-state index in [1.165, 1.54) is 5.56 Å². The summed E-state index contributed by atoms with van der Waals surface area (Å²) < 4.78 is 15.1. The van der Waals surface area contributed by atoms with E-state index in [1.807, 2.05) is 18.2 Å². The molecule has 1 N–H and O–H groups in total. The first-order valence-corrected chi connectivity index (χ1v) is 10.2. The summed E-state index contributed by atoms with van der Waals surface area (Å²) >= 11 is 17.3. The molecule has 2 aromatic carbocycles. The number of hydrogen-bond donors (Lipinski definition) is 1. The van der Waals surface area contributed by atoms with Crippen LogP contribution in [-0.4, -0.2) is 22.3 Å². The highest BCUT2D eigenvalue weighted by Gasteiger charge is 2.49. The molecule has 4 nitrogen and oxygen atoms in total. The minimum atomic E-state index is -2.13. The van der Waals surface area contributed by atoms with Gasteiger partial charge < -0.3 is 4.74 Å². The number of rotatable bonds is 4. The largest absolute Gasteiger partial charge is 0.450 e. The Morgan fingerprint density at radius 1 is 1.08 bits per heavy atom. The number of carbonyl (C=O) groups excluding carboxylic acids is 1. The Balaban J connectivity index is 0.000000401. The summed E-state index contributed by atoms with van der Waals surface area (Å²) in [5, 5.41) is 2.79. The summed E-state index contributed by atoms with van der Waals surface area (Å²) in [5.74, 6) is -1.17. The van der Waals surface area contributed by atoms with Gasteiger partial charge in [0.05, 0.1) is 6.61 Å². The van der Waals surface area contributed by atoms with Gasteiger partial charge in [0.1, 0.15) is 0 Å². The summed E-state index contributed by atoms with van der Waals surface area (Å²) in [6.07, 6.45) is -0.780. The normalized spacial score (nSPS) is 12.3. The third-order valence-electron chi connectivity index (χ3n) is 3.03. The van der Waals surface area contributed by atoms with E-state index in [1.54, 1.807) is 37.3 Å². The molecule has 26 heavy (non-hydrogen) atoms. The lowest BCUT2D eigenvalue weighted by Crippen LogP contribution is -2.42. The van der Waals surface area contributed by atoms with E-state index < -0.39 is 23.5 Å². The molecule has 2 unspecified atom stereocenters. The lowest BCUT2D eigenvalue weighted by atomic mass is 10.2. The third-order valence-corrected chi connectivity index (χ3v) is 5.93. The van der Waals surface area contributed by atoms with Crippen molar-refractivity contribution in [3.63, 3.8) is 0 Å². The highest BCUT2D eigenvalue weighted by Crippen LogP contribution is 2.42. The van der Waals surface area contributed by atoms with Crippen LogP contribution >= 0.6 is 42.6 Å². The molecule has 0 aliphatic heterocycles. The van der Waals surface area contributed by atoms with E-state index in [2.05, 4.69) is 24.4 Å². The maximum absolute atomic E-state index is 12.4. The number of alkyl halides is 3.